The Hall–Kier alpha value is -0.370. The number of ether oxygens (including phenoxy) is 1. The molecule has 1 aliphatic heterocycles. The number of carbonyl (C=O) groups is 1. The number of rotatable bonds is 2. The molecule has 11 heavy (non-hydrogen) atoms. The fraction of sp³-hybridized carbons (Fsp3) is 0.889. The van der Waals surface area contributed by atoms with Crippen LogP contribution in [0.4, 0.5) is 0 Å². The van der Waals surface area contributed by atoms with Crippen molar-refractivity contribution >= 4 is 5.78 Å². The van der Waals surface area contributed by atoms with Crippen molar-refractivity contribution in [2.24, 2.45) is 5.92 Å². The first-order valence-corrected chi connectivity index (χ1v) is 4.42. The molecule has 0 unspecified atom stereocenters. The van der Waals surface area contributed by atoms with Gasteiger partial charge in [-0.3, -0.25) is 0 Å². The van der Waals surface area contributed by atoms with Crippen LogP contribution in [0.25, 0.3) is 0 Å². The van der Waals surface area contributed by atoms with E-state index in [4.69, 9.17) is 4.74 Å². The highest BCUT2D eigenvalue weighted by atomic mass is 16.6. The van der Waals surface area contributed by atoms with Crippen molar-refractivity contribution in [1.82, 2.24) is 0 Å². The topological polar surface area (TPSA) is 29.6 Å². The minimum Gasteiger partial charge on any atom is -0.369 e. The third kappa shape index (κ3) is 1.45. The van der Waals surface area contributed by atoms with Crippen LogP contribution in [0.2, 0.25) is 0 Å². The highest BCUT2D eigenvalue weighted by molar-refractivity contribution is 5.75. The van der Waals surface area contributed by atoms with Gasteiger partial charge in [0.2, 0.25) is 0 Å². The lowest BCUT2D eigenvalue weighted by Crippen LogP contribution is -2.18. The van der Waals surface area contributed by atoms with E-state index in [2.05, 4.69) is 0 Å². The van der Waals surface area contributed by atoms with Gasteiger partial charge in [-0.25, -0.2) is 0 Å². The Balaban J connectivity index is 1.88. The molecular formula is C9H14O2. The van der Waals surface area contributed by atoms with E-state index in [1.165, 1.54) is 19.3 Å². The summed E-state index contributed by atoms with van der Waals surface area (Å²) in [5.74, 6) is 0.859. The molecule has 2 fully saturated rings. The summed E-state index contributed by atoms with van der Waals surface area (Å²) < 4.78 is 5.44. The maximum Gasteiger partial charge on any atom is 0.130 e. The van der Waals surface area contributed by atoms with Crippen LogP contribution in [0.3, 0.4) is 0 Å². The number of hydrogen-bond acceptors (Lipinski definition) is 2. The number of hydrogen-bond donors (Lipinski definition) is 0. The van der Waals surface area contributed by atoms with E-state index in [9.17, 15) is 4.79 Å². The Kier molecular flexibility index (Phi) is 1.72. The molecule has 0 aromatic carbocycles. The molecule has 1 heterocycles. The van der Waals surface area contributed by atoms with E-state index < -0.39 is 0 Å². The molecule has 1 aliphatic carbocycles. The van der Waals surface area contributed by atoms with Crippen LogP contribution in [0.15, 0.2) is 0 Å². The zero-order chi connectivity index (χ0) is 7.84. The normalized spacial score (nSPS) is 41.4. The third-order valence-electron chi connectivity index (χ3n) is 2.70. The zero-order valence-corrected chi connectivity index (χ0v) is 6.88. The minimum absolute atomic E-state index is 0.311. The van der Waals surface area contributed by atoms with E-state index in [-0.39, 0.29) is 0 Å². The third-order valence-corrected chi connectivity index (χ3v) is 2.70. The maximum atomic E-state index is 10.8. The second kappa shape index (κ2) is 2.59. The van der Waals surface area contributed by atoms with Crippen LogP contribution < -0.4 is 0 Å². The summed E-state index contributed by atoms with van der Waals surface area (Å²) in [5, 5.41) is 0. The summed E-state index contributed by atoms with van der Waals surface area (Å²) in [6, 6.07) is 0. The first kappa shape index (κ1) is 7.29. The molecule has 2 heteroatoms. The number of Topliss-reactive ketones (excluding diaryl/α,β-unsaturated/α-hetero) is 1. The van der Waals surface area contributed by atoms with Crippen molar-refractivity contribution < 1.29 is 9.53 Å². The Bertz CT molecular complexity index is 176. The van der Waals surface area contributed by atoms with Crippen molar-refractivity contribution in [2.75, 3.05) is 0 Å². The van der Waals surface area contributed by atoms with Crippen LogP contribution in [0.1, 0.15) is 32.6 Å². The molecular weight excluding hydrogens is 140 g/mol. The van der Waals surface area contributed by atoms with Crippen LogP contribution in [-0.2, 0) is 9.53 Å². The predicted octanol–water partition coefficient (Wildman–Crippen LogP) is 1.53. The van der Waals surface area contributed by atoms with E-state index in [0.29, 0.717) is 23.9 Å². The smallest absolute Gasteiger partial charge is 0.130 e. The van der Waals surface area contributed by atoms with Crippen molar-refractivity contribution in [1.29, 1.82) is 0 Å². The monoisotopic (exact) mass is 154 g/mol. The summed E-state index contributed by atoms with van der Waals surface area (Å²) in [5.41, 5.74) is 0. The van der Waals surface area contributed by atoms with E-state index in [1.807, 2.05) is 0 Å². The summed E-state index contributed by atoms with van der Waals surface area (Å²) in [6.07, 6.45) is 5.38. The zero-order valence-electron chi connectivity index (χ0n) is 6.88. The second-order valence-corrected chi connectivity index (χ2v) is 3.74. The van der Waals surface area contributed by atoms with Gasteiger partial charge >= 0.3 is 0 Å². The predicted molar refractivity (Wildman–Crippen MR) is 41.3 cm³/mol. The molecule has 0 aromatic heterocycles. The lowest BCUT2D eigenvalue weighted by Gasteiger charge is -2.15. The van der Waals surface area contributed by atoms with Gasteiger partial charge in [0.05, 0.1) is 12.2 Å². The van der Waals surface area contributed by atoms with Crippen molar-refractivity contribution in [3.05, 3.63) is 0 Å². The van der Waals surface area contributed by atoms with Crippen molar-refractivity contribution in [3.8, 4) is 0 Å². The van der Waals surface area contributed by atoms with Gasteiger partial charge in [-0.05, 0) is 25.7 Å². The largest absolute Gasteiger partial charge is 0.369 e. The highest BCUT2D eigenvalue weighted by Gasteiger charge is 2.46. The SMILES string of the molecule is CC(=O)C[C@@H]1CCC[C@H]2O[C@@H]12. The summed E-state index contributed by atoms with van der Waals surface area (Å²) in [7, 11) is 0. The highest BCUT2D eigenvalue weighted by Crippen LogP contribution is 2.42. The average Bonchev–Trinajstić information content (AvgIpc) is 2.65. The molecule has 0 amide bonds. The second-order valence-electron chi connectivity index (χ2n) is 3.74. The molecule has 0 aromatic rings. The molecule has 0 spiro atoms. The van der Waals surface area contributed by atoms with Crippen LogP contribution in [0, 0.1) is 5.92 Å². The molecule has 1 saturated heterocycles. The molecule has 1 saturated carbocycles. The van der Waals surface area contributed by atoms with Gasteiger partial charge in [-0.1, -0.05) is 6.42 Å². The molecule has 2 aliphatic rings. The van der Waals surface area contributed by atoms with Gasteiger partial charge in [-0.15, -0.1) is 0 Å². The number of ketones is 1. The first-order valence-electron chi connectivity index (χ1n) is 4.42. The Labute approximate surface area is 66.9 Å². The fourth-order valence-electron chi connectivity index (χ4n) is 2.14. The Morgan fingerprint density at radius 3 is 3.09 bits per heavy atom. The molecule has 0 radical (unpaired) electrons. The van der Waals surface area contributed by atoms with Crippen LogP contribution in [-0.4, -0.2) is 18.0 Å². The summed E-state index contributed by atoms with van der Waals surface area (Å²) >= 11 is 0. The summed E-state index contributed by atoms with van der Waals surface area (Å²) in [6.45, 7) is 1.67. The Morgan fingerprint density at radius 1 is 1.55 bits per heavy atom. The number of carbonyl (C=O) groups excluding carboxylic acids is 1. The van der Waals surface area contributed by atoms with Crippen LogP contribution >= 0.6 is 0 Å². The van der Waals surface area contributed by atoms with Gasteiger partial charge in [0.15, 0.2) is 0 Å². The maximum absolute atomic E-state index is 10.8. The lowest BCUT2D eigenvalue weighted by atomic mass is 9.86. The molecule has 62 valence electrons. The molecule has 2 nitrogen and oxygen atoms in total. The molecule has 0 bridgehead atoms. The van der Waals surface area contributed by atoms with Crippen LogP contribution in [0.5, 0.6) is 0 Å². The van der Waals surface area contributed by atoms with Gasteiger partial charge in [0.25, 0.3) is 0 Å². The van der Waals surface area contributed by atoms with E-state index in [0.717, 1.165) is 6.42 Å². The first-order chi connectivity index (χ1) is 5.27. The average molecular weight is 154 g/mol. The van der Waals surface area contributed by atoms with E-state index in [1.54, 1.807) is 6.92 Å². The van der Waals surface area contributed by atoms with Gasteiger partial charge in [-0.2, -0.15) is 0 Å². The molecule has 0 N–H and O–H groups in total. The number of epoxide rings is 1. The fourth-order valence-corrected chi connectivity index (χ4v) is 2.14. The van der Waals surface area contributed by atoms with Gasteiger partial charge in [0.1, 0.15) is 5.78 Å². The number of fused-ring (bicyclic) bond motifs is 1. The quantitative estimate of drug-likeness (QED) is 0.564. The van der Waals surface area contributed by atoms with Crippen molar-refractivity contribution in [2.45, 2.75) is 44.8 Å². The van der Waals surface area contributed by atoms with Gasteiger partial charge in [0, 0.05) is 6.42 Å². The van der Waals surface area contributed by atoms with Gasteiger partial charge < -0.3 is 9.53 Å². The summed E-state index contributed by atoms with van der Waals surface area (Å²) in [4.78, 5) is 10.8. The molecule has 2 rings (SSSR count). The standard InChI is InChI=1S/C9H14O2/c1-6(10)5-7-3-2-4-8-9(7)11-8/h7-9H,2-5H2,1H3/t7-,8+,9-/m0/s1. The van der Waals surface area contributed by atoms with E-state index >= 15 is 0 Å². The molecule has 3 atom stereocenters. The van der Waals surface area contributed by atoms with Crippen molar-refractivity contribution in [3.63, 3.8) is 0 Å². The minimum atomic E-state index is 0.311. The Morgan fingerprint density at radius 2 is 2.36 bits per heavy atom. The lowest BCUT2D eigenvalue weighted by molar-refractivity contribution is -0.118.